The van der Waals surface area contributed by atoms with E-state index in [1.807, 2.05) is 13.8 Å². The summed E-state index contributed by atoms with van der Waals surface area (Å²) in [6.45, 7) is 7.98. The van der Waals surface area contributed by atoms with Gasteiger partial charge in [-0.05, 0) is 5.92 Å². The highest BCUT2D eigenvalue weighted by molar-refractivity contribution is 5.69. The quantitative estimate of drug-likeness (QED) is 0.330. The second-order valence-electron chi connectivity index (χ2n) is 5.00. The molecule has 22 heavy (non-hydrogen) atoms. The van der Waals surface area contributed by atoms with Gasteiger partial charge in [-0.15, -0.1) is 0 Å². The minimum Gasteiger partial charge on any atom is -0.465 e. The Morgan fingerprint density at radius 2 is 1.27 bits per heavy atom. The first kappa shape index (κ1) is 21.3. The fourth-order valence-electron chi connectivity index (χ4n) is 1.31. The highest BCUT2D eigenvalue weighted by Crippen LogP contribution is 1.95. The molecule has 132 valence electrons. The second-order valence-corrected chi connectivity index (χ2v) is 5.00. The predicted molar refractivity (Wildman–Crippen MR) is 80.8 cm³/mol. The molecule has 0 spiro atoms. The van der Waals surface area contributed by atoms with E-state index in [9.17, 15) is 4.79 Å². The van der Waals surface area contributed by atoms with Crippen molar-refractivity contribution >= 4 is 5.97 Å². The monoisotopic (exact) mass is 322 g/mol. The van der Waals surface area contributed by atoms with Gasteiger partial charge < -0.3 is 28.8 Å². The van der Waals surface area contributed by atoms with E-state index in [-0.39, 0.29) is 19.0 Å². The van der Waals surface area contributed by atoms with Crippen LogP contribution in [0.5, 0.6) is 0 Å². The van der Waals surface area contributed by atoms with Crippen molar-refractivity contribution in [3.8, 4) is 0 Å². The van der Waals surface area contributed by atoms with Crippen LogP contribution in [-0.4, -0.2) is 77.1 Å². The third-order valence-corrected chi connectivity index (χ3v) is 2.38. The molecule has 0 aromatic rings. The second kappa shape index (κ2) is 16.6. The maximum Gasteiger partial charge on any atom is 0.308 e. The SMILES string of the molecule is CC(C)COC(=O)CCOCCOCCOCCOCCO. The Morgan fingerprint density at radius 3 is 1.73 bits per heavy atom. The Hall–Kier alpha value is -0.730. The first-order chi connectivity index (χ1) is 10.7. The van der Waals surface area contributed by atoms with E-state index >= 15 is 0 Å². The summed E-state index contributed by atoms with van der Waals surface area (Å²) in [6, 6.07) is 0. The Balaban J connectivity index is 3.09. The van der Waals surface area contributed by atoms with Crippen LogP contribution in [0.3, 0.4) is 0 Å². The number of hydrogen-bond donors (Lipinski definition) is 1. The topological polar surface area (TPSA) is 83.5 Å². The molecule has 0 atom stereocenters. The van der Waals surface area contributed by atoms with Gasteiger partial charge in [-0.3, -0.25) is 4.79 Å². The van der Waals surface area contributed by atoms with E-state index in [0.717, 1.165) is 0 Å². The molecule has 0 saturated heterocycles. The molecule has 0 fully saturated rings. The summed E-state index contributed by atoms with van der Waals surface area (Å²) in [4.78, 5) is 11.3. The zero-order valence-electron chi connectivity index (χ0n) is 13.8. The van der Waals surface area contributed by atoms with Crippen molar-refractivity contribution in [2.75, 3.05) is 66.1 Å². The highest BCUT2D eigenvalue weighted by Gasteiger charge is 2.03. The maximum atomic E-state index is 11.3. The zero-order chi connectivity index (χ0) is 16.5. The molecule has 0 aliphatic heterocycles. The Kier molecular flexibility index (Phi) is 16.1. The number of esters is 1. The number of carbonyl (C=O) groups excluding carboxylic acids is 1. The summed E-state index contributed by atoms with van der Waals surface area (Å²) < 4.78 is 25.9. The zero-order valence-corrected chi connectivity index (χ0v) is 13.8. The molecular weight excluding hydrogens is 292 g/mol. The number of aliphatic hydroxyl groups excluding tert-OH is 1. The van der Waals surface area contributed by atoms with E-state index in [0.29, 0.717) is 65.4 Å². The summed E-state index contributed by atoms with van der Waals surface area (Å²) in [6.07, 6.45) is 0.268. The van der Waals surface area contributed by atoms with Crippen LogP contribution < -0.4 is 0 Å². The minimum atomic E-state index is -0.230. The van der Waals surface area contributed by atoms with Gasteiger partial charge in [0.15, 0.2) is 0 Å². The van der Waals surface area contributed by atoms with Crippen molar-refractivity contribution < 1.29 is 33.6 Å². The lowest BCUT2D eigenvalue weighted by Crippen LogP contribution is -2.14. The molecule has 1 N–H and O–H groups in total. The fourth-order valence-corrected chi connectivity index (χ4v) is 1.31. The van der Waals surface area contributed by atoms with Crippen LogP contribution >= 0.6 is 0 Å². The van der Waals surface area contributed by atoms with Crippen molar-refractivity contribution in [2.45, 2.75) is 20.3 Å². The van der Waals surface area contributed by atoms with Crippen LogP contribution in [0.25, 0.3) is 0 Å². The van der Waals surface area contributed by atoms with Crippen LogP contribution in [0, 0.1) is 5.92 Å². The number of ether oxygens (including phenoxy) is 5. The van der Waals surface area contributed by atoms with Crippen molar-refractivity contribution in [1.29, 1.82) is 0 Å². The summed E-state index contributed by atoms with van der Waals surface area (Å²) in [7, 11) is 0. The first-order valence-electron chi connectivity index (χ1n) is 7.74. The molecule has 7 nitrogen and oxygen atoms in total. The largest absolute Gasteiger partial charge is 0.465 e. The van der Waals surface area contributed by atoms with Gasteiger partial charge in [0.25, 0.3) is 0 Å². The standard InChI is InChI=1S/C15H30O7/c1-14(2)13-22-15(17)3-5-18-7-9-20-11-12-21-10-8-19-6-4-16/h14,16H,3-13H2,1-2H3. The van der Waals surface area contributed by atoms with Gasteiger partial charge in [0.05, 0.1) is 72.5 Å². The maximum absolute atomic E-state index is 11.3. The van der Waals surface area contributed by atoms with Gasteiger partial charge in [-0.25, -0.2) is 0 Å². The third-order valence-electron chi connectivity index (χ3n) is 2.38. The van der Waals surface area contributed by atoms with Gasteiger partial charge in [-0.2, -0.15) is 0 Å². The van der Waals surface area contributed by atoms with E-state index in [1.165, 1.54) is 0 Å². The van der Waals surface area contributed by atoms with Crippen molar-refractivity contribution in [1.82, 2.24) is 0 Å². The van der Waals surface area contributed by atoms with E-state index in [4.69, 9.17) is 28.8 Å². The lowest BCUT2D eigenvalue weighted by molar-refractivity contribution is -0.146. The van der Waals surface area contributed by atoms with Crippen LogP contribution in [0.4, 0.5) is 0 Å². The van der Waals surface area contributed by atoms with Crippen LogP contribution in [0.2, 0.25) is 0 Å². The number of carbonyl (C=O) groups is 1. The summed E-state index contributed by atoms with van der Waals surface area (Å²) >= 11 is 0. The number of rotatable bonds is 16. The average Bonchev–Trinajstić information content (AvgIpc) is 2.49. The Bertz CT molecular complexity index is 246. The lowest BCUT2D eigenvalue weighted by atomic mass is 10.2. The van der Waals surface area contributed by atoms with Gasteiger partial charge >= 0.3 is 5.97 Å². The average molecular weight is 322 g/mol. The molecule has 0 aliphatic carbocycles. The van der Waals surface area contributed by atoms with Gasteiger partial charge in [0, 0.05) is 0 Å². The molecule has 0 aromatic heterocycles. The van der Waals surface area contributed by atoms with Gasteiger partial charge in [-0.1, -0.05) is 13.8 Å². The summed E-state index contributed by atoms with van der Waals surface area (Å²) in [5.41, 5.74) is 0. The van der Waals surface area contributed by atoms with Crippen molar-refractivity contribution in [2.24, 2.45) is 5.92 Å². The number of hydrogen-bond acceptors (Lipinski definition) is 7. The predicted octanol–water partition coefficient (Wildman–Crippen LogP) is 0.634. The minimum absolute atomic E-state index is 0.0263. The van der Waals surface area contributed by atoms with Crippen LogP contribution in [0.1, 0.15) is 20.3 Å². The molecular formula is C15H30O7. The molecule has 0 amide bonds. The molecule has 0 heterocycles. The molecule has 0 unspecified atom stereocenters. The third kappa shape index (κ3) is 17.3. The smallest absolute Gasteiger partial charge is 0.308 e. The van der Waals surface area contributed by atoms with E-state index in [1.54, 1.807) is 0 Å². The molecule has 0 bridgehead atoms. The van der Waals surface area contributed by atoms with Crippen molar-refractivity contribution in [3.63, 3.8) is 0 Å². The van der Waals surface area contributed by atoms with Gasteiger partial charge in [0.2, 0.25) is 0 Å². The van der Waals surface area contributed by atoms with Crippen molar-refractivity contribution in [3.05, 3.63) is 0 Å². The highest BCUT2D eigenvalue weighted by atomic mass is 16.6. The molecule has 0 radical (unpaired) electrons. The molecule has 0 saturated carbocycles. The van der Waals surface area contributed by atoms with E-state index < -0.39 is 0 Å². The first-order valence-corrected chi connectivity index (χ1v) is 7.74. The molecule has 0 rings (SSSR count). The van der Waals surface area contributed by atoms with E-state index in [2.05, 4.69) is 0 Å². The number of aliphatic hydroxyl groups is 1. The Morgan fingerprint density at radius 1 is 0.818 bits per heavy atom. The lowest BCUT2D eigenvalue weighted by Gasteiger charge is -2.08. The summed E-state index contributed by atoms with van der Waals surface area (Å²) in [5.74, 6) is 0.119. The molecule has 7 heteroatoms. The molecule has 0 aliphatic rings. The van der Waals surface area contributed by atoms with Crippen LogP contribution in [-0.2, 0) is 28.5 Å². The Labute approximate surface area is 132 Å². The normalized spacial score (nSPS) is 11.1. The fraction of sp³-hybridized carbons (Fsp3) is 0.933. The van der Waals surface area contributed by atoms with Crippen LogP contribution in [0.15, 0.2) is 0 Å². The van der Waals surface area contributed by atoms with Gasteiger partial charge in [0.1, 0.15) is 0 Å². The molecule has 0 aromatic carbocycles. The summed E-state index contributed by atoms with van der Waals surface area (Å²) in [5, 5.41) is 8.48.